The molecule has 0 aliphatic heterocycles. The van der Waals surface area contributed by atoms with Crippen molar-refractivity contribution in [1.29, 1.82) is 0 Å². The van der Waals surface area contributed by atoms with Gasteiger partial charge in [-0.05, 0) is 6.07 Å². The zero-order valence-electron chi connectivity index (χ0n) is 8.97. The van der Waals surface area contributed by atoms with Crippen molar-refractivity contribution in [2.24, 2.45) is 7.05 Å². The molecule has 0 radical (unpaired) electrons. The summed E-state index contributed by atoms with van der Waals surface area (Å²) in [5.41, 5.74) is 3.40. The van der Waals surface area contributed by atoms with Crippen LogP contribution in [0.3, 0.4) is 0 Å². The average molecular weight is 211 g/mol. The van der Waals surface area contributed by atoms with E-state index in [2.05, 4.69) is 4.98 Å². The molecule has 1 aromatic heterocycles. The molecule has 1 heterocycles. The van der Waals surface area contributed by atoms with E-state index >= 15 is 0 Å². The van der Waals surface area contributed by atoms with E-state index in [1.54, 1.807) is 0 Å². The summed E-state index contributed by atoms with van der Waals surface area (Å²) < 4.78 is 2.02. The van der Waals surface area contributed by atoms with E-state index in [-0.39, 0.29) is 5.78 Å². The zero-order chi connectivity index (χ0) is 11.1. The normalized spacial score (nSPS) is 14.2. The maximum Gasteiger partial charge on any atom is 0.234 e. The lowest BCUT2D eigenvalue weighted by Gasteiger charge is -2.07. The van der Waals surface area contributed by atoms with Crippen LogP contribution in [-0.4, -0.2) is 10.8 Å². The molecule has 16 heavy (non-hydrogen) atoms. The van der Waals surface area contributed by atoms with Crippen LogP contribution in [0, 0.1) is 0 Å². The molecule has 0 fully saturated rings. The molecule has 0 atom stereocenters. The number of para-hydroxylation sites is 2. The lowest BCUT2D eigenvalue weighted by Crippen LogP contribution is -2.36. The standard InChI is InChI=1S/C13H11N2O/c1-15-10-6-3-2-5-9(10)14-13-11(15)7-4-8-12(13)16/h2-7H,8H2,1H3/q+1. The number of fused-ring (bicyclic) bond motifs is 2. The highest BCUT2D eigenvalue weighted by Crippen LogP contribution is 2.17. The van der Waals surface area contributed by atoms with Gasteiger partial charge in [0.05, 0.1) is 0 Å². The summed E-state index contributed by atoms with van der Waals surface area (Å²) in [7, 11) is 1.96. The fourth-order valence-corrected chi connectivity index (χ4v) is 2.08. The van der Waals surface area contributed by atoms with Crippen LogP contribution in [-0.2, 0) is 7.05 Å². The minimum Gasteiger partial charge on any atom is -0.292 e. The summed E-state index contributed by atoms with van der Waals surface area (Å²) in [5, 5.41) is 0. The Kier molecular flexibility index (Phi) is 1.86. The Bertz CT molecular complexity index is 629. The smallest absolute Gasteiger partial charge is 0.234 e. The molecule has 0 spiro atoms. The minimum atomic E-state index is 0.0962. The third kappa shape index (κ3) is 1.18. The van der Waals surface area contributed by atoms with E-state index in [1.165, 1.54) is 0 Å². The van der Waals surface area contributed by atoms with Gasteiger partial charge in [-0.3, -0.25) is 4.79 Å². The topological polar surface area (TPSA) is 33.8 Å². The van der Waals surface area contributed by atoms with Crippen molar-refractivity contribution < 1.29 is 9.36 Å². The first-order valence-electron chi connectivity index (χ1n) is 5.26. The number of rotatable bonds is 0. The van der Waals surface area contributed by atoms with Gasteiger partial charge < -0.3 is 0 Å². The lowest BCUT2D eigenvalue weighted by atomic mass is 10.1. The molecule has 3 rings (SSSR count). The highest BCUT2D eigenvalue weighted by molar-refractivity contribution is 6.00. The molecular weight excluding hydrogens is 200 g/mol. The monoisotopic (exact) mass is 211 g/mol. The zero-order valence-corrected chi connectivity index (χ0v) is 8.97. The number of benzene rings is 1. The molecule has 3 nitrogen and oxygen atoms in total. The Morgan fingerprint density at radius 2 is 2.12 bits per heavy atom. The minimum absolute atomic E-state index is 0.0962. The van der Waals surface area contributed by atoms with Crippen molar-refractivity contribution in [3.63, 3.8) is 0 Å². The second-order valence-corrected chi connectivity index (χ2v) is 3.92. The molecule has 0 amide bonds. The van der Waals surface area contributed by atoms with Crippen molar-refractivity contribution in [2.75, 3.05) is 0 Å². The first-order chi connectivity index (χ1) is 7.77. The molecule has 0 N–H and O–H groups in total. The van der Waals surface area contributed by atoms with Crippen LogP contribution in [0.15, 0.2) is 30.3 Å². The van der Waals surface area contributed by atoms with Gasteiger partial charge in [0, 0.05) is 18.6 Å². The predicted molar refractivity (Wildman–Crippen MR) is 60.9 cm³/mol. The number of hydrogen-bond donors (Lipinski definition) is 0. The molecule has 2 aromatic rings. The van der Waals surface area contributed by atoms with Gasteiger partial charge in [-0.1, -0.05) is 18.2 Å². The first-order valence-corrected chi connectivity index (χ1v) is 5.26. The number of hydrogen-bond acceptors (Lipinski definition) is 2. The van der Waals surface area contributed by atoms with E-state index in [0.29, 0.717) is 12.1 Å². The highest BCUT2D eigenvalue weighted by atomic mass is 16.1. The van der Waals surface area contributed by atoms with Crippen molar-refractivity contribution in [3.8, 4) is 0 Å². The van der Waals surface area contributed by atoms with Crippen LogP contribution in [0.5, 0.6) is 0 Å². The van der Waals surface area contributed by atoms with Gasteiger partial charge in [0.15, 0.2) is 11.5 Å². The third-order valence-electron chi connectivity index (χ3n) is 2.92. The number of aromatic nitrogens is 2. The number of ketones is 1. The van der Waals surface area contributed by atoms with E-state index in [1.807, 2.05) is 48.0 Å². The Hall–Kier alpha value is -2.03. The molecule has 1 aliphatic rings. The van der Waals surface area contributed by atoms with Crippen LogP contribution in [0.4, 0.5) is 0 Å². The van der Waals surface area contributed by atoms with Crippen molar-refractivity contribution in [1.82, 2.24) is 4.98 Å². The SMILES string of the molecule is C[n+]1c2c(nc3ccccc31)C(=O)CC=C2. The highest BCUT2D eigenvalue weighted by Gasteiger charge is 2.24. The van der Waals surface area contributed by atoms with Gasteiger partial charge in [-0.25, -0.2) is 4.98 Å². The van der Waals surface area contributed by atoms with Crippen LogP contribution in [0.25, 0.3) is 17.1 Å². The van der Waals surface area contributed by atoms with Crippen LogP contribution in [0.1, 0.15) is 22.6 Å². The molecule has 0 saturated heterocycles. The van der Waals surface area contributed by atoms with Crippen LogP contribution >= 0.6 is 0 Å². The number of Topliss-reactive ketones (excluding diaryl/α,β-unsaturated/α-hetero) is 1. The van der Waals surface area contributed by atoms with Crippen molar-refractivity contribution >= 4 is 22.9 Å². The van der Waals surface area contributed by atoms with E-state index in [9.17, 15) is 4.79 Å². The summed E-state index contributed by atoms with van der Waals surface area (Å²) in [6.07, 6.45) is 4.32. The Morgan fingerprint density at radius 3 is 3.00 bits per heavy atom. The predicted octanol–water partition coefficient (Wildman–Crippen LogP) is 1.66. The molecule has 0 saturated carbocycles. The van der Waals surface area contributed by atoms with Gasteiger partial charge in [0.2, 0.25) is 11.2 Å². The molecule has 1 aromatic carbocycles. The molecule has 0 bridgehead atoms. The fraction of sp³-hybridized carbons (Fsp3) is 0.154. The summed E-state index contributed by atoms with van der Waals surface area (Å²) in [5.74, 6) is 0.0962. The molecule has 3 heteroatoms. The van der Waals surface area contributed by atoms with Crippen molar-refractivity contribution in [2.45, 2.75) is 6.42 Å². The van der Waals surface area contributed by atoms with Crippen LogP contribution < -0.4 is 4.57 Å². The second-order valence-electron chi connectivity index (χ2n) is 3.92. The lowest BCUT2D eigenvalue weighted by molar-refractivity contribution is -0.647. The number of allylic oxidation sites excluding steroid dienone is 1. The molecular formula is C13H11N2O+. The van der Waals surface area contributed by atoms with E-state index in [4.69, 9.17) is 0 Å². The Labute approximate surface area is 93.1 Å². The number of carbonyl (C=O) groups is 1. The van der Waals surface area contributed by atoms with Gasteiger partial charge in [0.25, 0.3) is 0 Å². The summed E-state index contributed by atoms with van der Waals surface area (Å²) in [4.78, 5) is 16.2. The van der Waals surface area contributed by atoms with Gasteiger partial charge in [0.1, 0.15) is 12.6 Å². The Morgan fingerprint density at radius 1 is 1.31 bits per heavy atom. The summed E-state index contributed by atoms with van der Waals surface area (Å²) >= 11 is 0. The van der Waals surface area contributed by atoms with Gasteiger partial charge >= 0.3 is 0 Å². The van der Waals surface area contributed by atoms with E-state index < -0.39 is 0 Å². The molecule has 0 unspecified atom stereocenters. The fourth-order valence-electron chi connectivity index (χ4n) is 2.08. The summed E-state index contributed by atoms with van der Waals surface area (Å²) in [6.45, 7) is 0. The third-order valence-corrected chi connectivity index (χ3v) is 2.92. The first kappa shape index (κ1) is 9.21. The number of aryl methyl sites for hydroxylation is 1. The van der Waals surface area contributed by atoms with Crippen molar-refractivity contribution in [3.05, 3.63) is 41.7 Å². The number of carbonyl (C=O) groups excluding carboxylic acids is 1. The quantitative estimate of drug-likeness (QED) is 0.621. The van der Waals surface area contributed by atoms with Crippen LogP contribution in [0.2, 0.25) is 0 Å². The summed E-state index contributed by atoms with van der Waals surface area (Å²) in [6, 6.07) is 7.85. The average Bonchev–Trinajstić information content (AvgIpc) is 2.31. The maximum atomic E-state index is 11.8. The number of nitrogens with zero attached hydrogens (tertiary/aromatic N) is 2. The van der Waals surface area contributed by atoms with E-state index in [0.717, 1.165) is 16.7 Å². The maximum absolute atomic E-state index is 11.8. The van der Waals surface area contributed by atoms with Gasteiger partial charge in [-0.15, -0.1) is 0 Å². The largest absolute Gasteiger partial charge is 0.292 e. The second kappa shape index (κ2) is 3.23. The Balaban J connectivity index is 2.46. The molecule has 1 aliphatic carbocycles. The van der Waals surface area contributed by atoms with Gasteiger partial charge in [-0.2, -0.15) is 4.57 Å². The molecule has 78 valence electrons.